The van der Waals surface area contributed by atoms with Crippen molar-refractivity contribution in [1.29, 1.82) is 0 Å². The second-order valence-corrected chi connectivity index (χ2v) is 21.1. The van der Waals surface area contributed by atoms with Crippen molar-refractivity contribution >= 4 is 79.2 Å². The van der Waals surface area contributed by atoms with Gasteiger partial charge in [-0.25, -0.2) is 0 Å². The fraction of sp³-hybridized carbons (Fsp3) is 0.200. The van der Waals surface area contributed by atoms with Gasteiger partial charge in [0.05, 0.1) is 0 Å². The molecule has 0 aliphatic carbocycles. The molecular formula is C60H55BN2O. The van der Waals surface area contributed by atoms with E-state index in [1.807, 2.05) is 6.07 Å². The van der Waals surface area contributed by atoms with Gasteiger partial charge in [0, 0.05) is 44.9 Å². The van der Waals surface area contributed by atoms with Gasteiger partial charge in [0.25, 0.3) is 6.71 Å². The Morgan fingerprint density at radius 3 is 1.52 bits per heavy atom. The molecule has 8 aromatic carbocycles. The maximum atomic E-state index is 6.41. The largest absolute Gasteiger partial charge is 0.456 e. The number of anilines is 6. The van der Waals surface area contributed by atoms with Crippen LogP contribution in [0, 0.1) is 0 Å². The molecule has 0 atom stereocenters. The topological polar surface area (TPSA) is 19.6 Å². The first-order chi connectivity index (χ1) is 30.6. The first-order valence-electron chi connectivity index (χ1n) is 22.9. The zero-order valence-corrected chi connectivity index (χ0v) is 38.5. The van der Waals surface area contributed by atoms with Gasteiger partial charge in [-0.3, -0.25) is 0 Å². The number of fused-ring (bicyclic) bond motifs is 7. The van der Waals surface area contributed by atoms with Gasteiger partial charge in [0.1, 0.15) is 11.2 Å². The van der Waals surface area contributed by atoms with Crippen LogP contribution in [-0.2, 0) is 16.2 Å². The fourth-order valence-corrected chi connectivity index (χ4v) is 10.1. The number of hydrogen-bond donors (Lipinski definition) is 0. The molecule has 3 heterocycles. The predicted molar refractivity (Wildman–Crippen MR) is 275 cm³/mol. The molecule has 0 radical (unpaired) electrons. The fourth-order valence-electron chi connectivity index (χ4n) is 10.1. The van der Waals surface area contributed by atoms with E-state index in [9.17, 15) is 0 Å². The summed E-state index contributed by atoms with van der Waals surface area (Å²) in [5, 5.41) is 2.28. The van der Waals surface area contributed by atoms with Gasteiger partial charge >= 0.3 is 0 Å². The zero-order chi connectivity index (χ0) is 44.3. The van der Waals surface area contributed by atoms with Crippen LogP contribution in [0.1, 0.15) is 79.0 Å². The van der Waals surface area contributed by atoms with E-state index in [1.54, 1.807) is 0 Å². The average molecular weight is 831 g/mol. The second kappa shape index (κ2) is 14.4. The van der Waals surface area contributed by atoms with E-state index in [4.69, 9.17) is 4.42 Å². The maximum absolute atomic E-state index is 6.41. The Labute approximate surface area is 379 Å². The standard InChI is InChI=1S/C60H55BN2O/c1-58(2,3)42-23-27-45(28-24-42)62-51-36-43(59(4,5)6)25-30-49(51)61-50-31-26-44(60(7,8)9)37-52(50)63(54-34-41(33-53(62)57(54)61)38-16-11-10-12-17-38)46-19-15-18-39(32-46)40-22-29-48-47-20-13-14-21-55(47)64-56(48)35-40/h10-37H,1-9H3. The van der Waals surface area contributed by atoms with Gasteiger partial charge in [-0.05, 0) is 138 Å². The van der Waals surface area contributed by atoms with Crippen molar-refractivity contribution in [3.8, 4) is 22.3 Å². The quantitative estimate of drug-likeness (QED) is 0.165. The van der Waals surface area contributed by atoms with Crippen molar-refractivity contribution in [3.63, 3.8) is 0 Å². The number of benzene rings is 8. The summed E-state index contributed by atoms with van der Waals surface area (Å²) in [6.45, 7) is 20.8. The lowest BCUT2D eigenvalue weighted by molar-refractivity contribution is 0.590. The van der Waals surface area contributed by atoms with E-state index >= 15 is 0 Å². The number of para-hydroxylation sites is 1. The molecular weight excluding hydrogens is 775 g/mol. The molecule has 0 N–H and O–H groups in total. The average Bonchev–Trinajstić information content (AvgIpc) is 3.66. The first kappa shape index (κ1) is 40.0. The summed E-state index contributed by atoms with van der Waals surface area (Å²) in [6.07, 6.45) is 0. The van der Waals surface area contributed by atoms with Crippen LogP contribution >= 0.6 is 0 Å². The van der Waals surface area contributed by atoms with Crippen LogP contribution in [0.2, 0.25) is 0 Å². The highest BCUT2D eigenvalue weighted by atomic mass is 16.3. The Bertz CT molecular complexity index is 3280. The number of nitrogens with zero attached hydrogens (tertiary/aromatic N) is 2. The Balaban J connectivity index is 1.20. The first-order valence-corrected chi connectivity index (χ1v) is 22.9. The van der Waals surface area contributed by atoms with Gasteiger partial charge in [-0.2, -0.15) is 0 Å². The lowest BCUT2D eigenvalue weighted by Crippen LogP contribution is -2.61. The van der Waals surface area contributed by atoms with Crippen molar-refractivity contribution in [3.05, 3.63) is 187 Å². The molecule has 2 aliphatic rings. The normalized spacial score (nSPS) is 13.6. The third-order valence-electron chi connectivity index (χ3n) is 13.7. The third-order valence-corrected chi connectivity index (χ3v) is 13.7. The summed E-state index contributed by atoms with van der Waals surface area (Å²) in [6, 6.07) is 63.8. The summed E-state index contributed by atoms with van der Waals surface area (Å²) >= 11 is 0. The Morgan fingerprint density at radius 2 is 0.891 bits per heavy atom. The molecule has 2 aliphatic heterocycles. The van der Waals surface area contributed by atoms with E-state index < -0.39 is 0 Å². The highest BCUT2D eigenvalue weighted by molar-refractivity contribution is 7.00. The van der Waals surface area contributed by atoms with E-state index in [-0.39, 0.29) is 23.0 Å². The SMILES string of the molecule is CC(C)(C)c1ccc(N2c3cc(C(C)(C)C)ccc3B3c4ccc(C(C)(C)C)cc4N(c4cccc(-c5ccc6c(c5)oc5ccccc56)c4)c4cc(-c5ccccc5)cc2c43)cc1. The van der Waals surface area contributed by atoms with Crippen molar-refractivity contribution < 1.29 is 4.42 Å². The van der Waals surface area contributed by atoms with E-state index in [2.05, 4.69) is 236 Å². The third kappa shape index (κ3) is 6.57. The van der Waals surface area contributed by atoms with Crippen LogP contribution in [0.25, 0.3) is 44.2 Å². The lowest BCUT2D eigenvalue weighted by atomic mass is 9.33. The maximum Gasteiger partial charge on any atom is 0.252 e. The molecule has 0 saturated carbocycles. The molecule has 0 fully saturated rings. The van der Waals surface area contributed by atoms with Gasteiger partial charge in [-0.1, -0.05) is 165 Å². The highest BCUT2D eigenvalue weighted by Crippen LogP contribution is 2.48. The molecule has 0 saturated heterocycles. The summed E-state index contributed by atoms with van der Waals surface area (Å²) in [5.41, 5.74) is 21.5. The van der Waals surface area contributed by atoms with Gasteiger partial charge in [0.2, 0.25) is 0 Å². The Hall–Kier alpha value is -6.78. The van der Waals surface area contributed by atoms with Gasteiger partial charge in [-0.15, -0.1) is 0 Å². The summed E-state index contributed by atoms with van der Waals surface area (Å²) in [7, 11) is 0. The van der Waals surface area contributed by atoms with Crippen molar-refractivity contribution in [1.82, 2.24) is 0 Å². The summed E-state index contributed by atoms with van der Waals surface area (Å²) in [4.78, 5) is 5.12. The molecule has 9 aromatic rings. The predicted octanol–water partition coefficient (Wildman–Crippen LogP) is 14.9. The van der Waals surface area contributed by atoms with Crippen LogP contribution < -0.4 is 26.2 Å². The minimum absolute atomic E-state index is 0.0166. The smallest absolute Gasteiger partial charge is 0.252 e. The van der Waals surface area contributed by atoms with Crippen LogP contribution in [0.3, 0.4) is 0 Å². The monoisotopic (exact) mass is 830 g/mol. The minimum atomic E-state index is -0.0516. The molecule has 0 unspecified atom stereocenters. The van der Waals surface area contributed by atoms with E-state index in [0.29, 0.717) is 0 Å². The molecule has 1 aromatic heterocycles. The summed E-state index contributed by atoms with van der Waals surface area (Å²) < 4.78 is 6.41. The highest BCUT2D eigenvalue weighted by Gasteiger charge is 2.44. The number of furan rings is 1. The molecule has 64 heavy (non-hydrogen) atoms. The molecule has 3 nitrogen and oxygen atoms in total. The molecule has 0 bridgehead atoms. The molecule has 314 valence electrons. The molecule has 11 rings (SSSR count). The number of hydrogen-bond acceptors (Lipinski definition) is 3. The van der Waals surface area contributed by atoms with Crippen LogP contribution in [0.15, 0.2) is 174 Å². The molecule has 4 heteroatoms. The zero-order valence-electron chi connectivity index (χ0n) is 38.5. The van der Waals surface area contributed by atoms with E-state index in [1.165, 1.54) is 67.0 Å². The second-order valence-electron chi connectivity index (χ2n) is 21.1. The van der Waals surface area contributed by atoms with Crippen LogP contribution in [-0.4, -0.2) is 6.71 Å². The van der Waals surface area contributed by atoms with Crippen molar-refractivity contribution in [2.45, 2.75) is 78.6 Å². The van der Waals surface area contributed by atoms with Gasteiger partial charge in [0.15, 0.2) is 0 Å². The van der Waals surface area contributed by atoms with Crippen LogP contribution in [0.4, 0.5) is 34.1 Å². The Kier molecular flexibility index (Phi) is 8.99. The van der Waals surface area contributed by atoms with Crippen molar-refractivity contribution in [2.24, 2.45) is 0 Å². The Morgan fingerprint density at radius 1 is 0.359 bits per heavy atom. The number of rotatable bonds is 4. The van der Waals surface area contributed by atoms with Crippen LogP contribution in [0.5, 0.6) is 0 Å². The van der Waals surface area contributed by atoms with E-state index in [0.717, 1.165) is 44.4 Å². The molecule has 0 spiro atoms. The summed E-state index contributed by atoms with van der Waals surface area (Å²) in [5.74, 6) is 0. The van der Waals surface area contributed by atoms with Gasteiger partial charge < -0.3 is 14.2 Å². The lowest BCUT2D eigenvalue weighted by Gasteiger charge is -2.45. The minimum Gasteiger partial charge on any atom is -0.456 e. The van der Waals surface area contributed by atoms with Crippen molar-refractivity contribution in [2.75, 3.05) is 9.80 Å². The molecule has 0 amide bonds.